The van der Waals surface area contributed by atoms with Crippen molar-refractivity contribution >= 4 is 11.7 Å². The van der Waals surface area contributed by atoms with Crippen molar-refractivity contribution in [2.75, 3.05) is 18.0 Å². The highest BCUT2D eigenvalue weighted by Gasteiger charge is 2.13. The van der Waals surface area contributed by atoms with Crippen molar-refractivity contribution in [1.29, 1.82) is 0 Å². The maximum absolute atomic E-state index is 11.2. The highest BCUT2D eigenvalue weighted by molar-refractivity contribution is 5.93. The van der Waals surface area contributed by atoms with Crippen molar-refractivity contribution in [3.63, 3.8) is 0 Å². The van der Waals surface area contributed by atoms with Gasteiger partial charge < -0.3 is 4.90 Å². The van der Waals surface area contributed by atoms with Crippen LogP contribution < -0.4 is 16.2 Å². The van der Waals surface area contributed by atoms with Crippen molar-refractivity contribution in [3.05, 3.63) is 23.9 Å². The lowest BCUT2D eigenvalue weighted by molar-refractivity contribution is 0.0953. The standard InChI is InChI=1S/C10H14N4O/c11-13-10(15)8-3-4-9(12-7-8)14-5-1-2-6-14/h3-4,7H,1-2,5-6,11H2,(H,13,15). The van der Waals surface area contributed by atoms with Gasteiger partial charge in [-0.2, -0.15) is 0 Å². The number of carbonyl (C=O) groups is 1. The maximum Gasteiger partial charge on any atom is 0.266 e. The molecule has 1 saturated heterocycles. The second-order valence-corrected chi connectivity index (χ2v) is 3.57. The van der Waals surface area contributed by atoms with Crippen LogP contribution in [0.1, 0.15) is 23.2 Å². The van der Waals surface area contributed by atoms with E-state index in [1.165, 1.54) is 12.8 Å². The molecule has 1 aliphatic heterocycles. The number of nitrogens with two attached hydrogens (primary N) is 1. The summed E-state index contributed by atoms with van der Waals surface area (Å²) in [5, 5.41) is 0. The minimum absolute atomic E-state index is 0.310. The third-order valence-electron chi connectivity index (χ3n) is 2.57. The summed E-state index contributed by atoms with van der Waals surface area (Å²) >= 11 is 0. The molecule has 0 bridgehead atoms. The maximum atomic E-state index is 11.2. The summed E-state index contributed by atoms with van der Waals surface area (Å²) in [5.41, 5.74) is 2.56. The van der Waals surface area contributed by atoms with Gasteiger partial charge in [-0.05, 0) is 25.0 Å². The van der Waals surface area contributed by atoms with Gasteiger partial charge in [-0.15, -0.1) is 0 Å². The number of hydrogen-bond acceptors (Lipinski definition) is 4. The third-order valence-corrected chi connectivity index (χ3v) is 2.57. The molecule has 0 saturated carbocycles. The Hall–Kier alpha value is -1.62. The fourth-order valence-corrected chi connectivity index (χ4v) is 1.74. The predicted octanol–water partition coefficient (Wildman–Crippen LogP) is 0.285. The molecule has 2 heterocycles. The van der Waals surface area contributed by atoms with Crippen LogP contribution in [-0.4, -0.2) is 24.0 Å². The zero-order chi connectivity index (χ0) is 10.7. The Morgan fingerprint density at radius 3 is 2.67 bits per heavy atom. The van der Waals surface area contributed by atoms with Crippen molar-refractivity contribution in [2.45, 2.75) is 12.8 Å². The van der Waals surface area contributed by atoms with Gasteiger partial charge in [-0.3, -0.25) is 10.2 Å². The van der Waals surface area contributed by atoms with Crippen LogP contribution >= 0.6 is 0 Å². The van der Waals surface area contributed by atoms with Crippen LogP contribution in [0.2, 0.25) is 0 Å². The van der Waals surface area contributed by atoms with Gasteiger partial charge in [0.1, 0.15) is 5.82 Å². The van der Waals surface area contributed by atoms with Crippen molar-refractivity contribution < 1.29 is 4.79 Å². The number of nitrogens with one attached hydrogen (secondary N) is 1. The lowest BCUT2D eigenvalue weighted by Gasteiger charge is -2.15. The largest absolute Gasteiger partial charge is 0.357 e. The minimum atomic E-state index is -0.310. The predicted molar refractivity (Wildman–Crippen MR) is 57.3 cm³/mol. The molecule has 0 radical (unpaired) electrons. The fourth-order valence-electron chi connectivity index (χ4n) is 1.74. The van der Waals surface area contributed by atoms with Crippen molar-refractivity contribution in [3.8, 4) is 0 Å². The zero-order valence-electron chi connectivity index (χ0n) is 8.44. The lowest BCUT2D eigenvalue weighted by Crippen LogP contribution is -2.30. The third kappa shape index (κ3) is 2.07. The number of hydrazine groups is 1. The summed E-state index contributed by atoms with van der Waals surface area (Å²) in [7, 11) is 0. The van der Waals surface area contributed by atoms with Gasteiger partial charge in [0, 0.05) is 19.3 Å². The minimum Gasteiger partial charge on any atom is -0.357 e. The molecule has 0 aliphatic carbocycles. The van der Waals surface area contributed by atoms with E-state index in [2.05, 4.69) is 15.3 Å². The van der Waals surface area contributed by atoms with Gasteiger partial charge >= 0.3 is 0 Å². The quantitative estimate of drug-likeness (QED) is 0.414. The average molecular weight is 206 g/mol. The molecule has 5 nitrogen and oxygen atoms in total. The smallest absolute Gasteiger partial charge is 0.266 e. The van der Waals surface area contributed by atoms with E-state index in [0.29, 0.717) is 5.56 Å². The number of aromatic nitrogens is 1. The Labute approximate surface area is 88.3 Å². The first-order valence-electron chi connectivity index (χ1n) is 5.03. The molecular formula is C10H14N4O. The number of pyridine rings is 1. The molecule has 15 heavy (non-hydrogen) atoms. The van der Waals surface area contributed by atoms with E-state index < -0.39 is 0 Å². The Morgan fingerprint density at radius 1 is 1.40 bits per heavy atom. The molecule has 0 aromatic carbocycles. The van der Waals surface area contributed by atoms with Crippen LogP contribution in [0.3, 0.4) is 0 Å². The number of anilines is 1. The molecule has 1 aliphatic rings. The Balaban J connectivity index is 2.12. The van der Waals surface area contributed by atoms with Crippen LogP contribution in [0, 0.1) is 0 Å². The van der Waals surface area contributed by atoms with Crippen LogP contribution in [0.5, 0.6) is 0 Å². The highest BCUT2D eigenvalue weighted by Crippen LogP contribution is 2.17. The number of rotatable bonds is 2. The first kappa shape index (κ1) is 9.92. The number of amides is 1. The van der Waals surface area contributed by atoms with Crippen molar-refractivity contribution in [2.24, 2.45) is 5.84 Å². The second kappa shape index (κ2) is 4.27. The summed E-state index contributed by atoms with van der Waals surface area (Å²) in [6.45, 7) is 2.10. The monoisotopic (exact) mass is 206 g/mol. The first-order valence-corrected chi connectivity index (χ1v) is 5.03. The molecule has 3 N–H and O–H groups in total. The second-order valence-electron chi connectivity index (χ2n) is 3.57. The van der Waals surface area contributed by atoms with Gasteiger partial charge in [-0.1, -0.05) is 0 Å². The Kier molecular flexibility index (Phi) is 2.82. The summed E-state index contributed by atoms with van der Waals surface area (Å²) in [6.07, 6.45) is 3.98. The molecular weight excluding hydrogens is 192 g/mol. The number of hydrogen-bond donors (Lipinski definition) is 2. The van der Waals surface area contributed by atoms with E-state index in [0.717, 1.165) is 18.9 Å². The van der Waals surface area contributed by atoms with Crippen LogP contribution in [-0.2, 0) is 0 Å². The SMILES string of the molecule is NNC(=O)c1ccc(N2CCCC2)nc1. The van der Waals surface area contributed by atoms with Gasteiger partial charge in [0.15, 0.2) is 0 Å². The van der Waals surface area contributed by atoms with Gasteiger partial charge in [0.05, 0.1) is 5.56 Å². The fraction of sp³-hybridized carbons (Fsp3) is 0.400. The van der Waals surface area contributed by atoms with Crippen LogP contribution in [0.4, 0.5) is 5.82 Å². The molecule has 80 valence electrons. The highest BCUT2D eigenvalue weighted by atomic mass is 16.2. The molecule has 0 unspecified atom stereocenters. The number of carbonyl (C=O) groups excluding carboxylic acids is 1. The molecule has 0 atom stereocenters. The van der Waals surface area contributed by atoms with E-state index in [9.17, 15) is 4.79 Å². The topological polar surface area (TPSA) is 71.2 Å². The normalized spacial score (nSPS) is 15.4. The molecule has 2 rings (SSSR count). The first-order chi connectivity index (χ1) is 7.31. The van der Waals surface area contributed by atoms with E-state index >= 15 is 0 Å². The number of nitrogens with zero attached hydrogens (tertiary/aromatic N) is 2. The van der Waals surface area contributed by atoms with Crippen LogP contribution in [0.25, 0.3) is 0 Å². The molecule has 1 aromatic rings. The van der Waals surface area contributed by atoms with Gasteiger partial charge in [0.2, 0.25) is 0 Å². The van der Waals surface area contributed by atoms with Crippen molar-refractivity contribution in [1.82, 2.24) is 10.4 Å². The van der Waals surface area contributed by atoms with E-state index in [1.54, 1.807) is 12.3 Å². The molecule has 5 heteroatoms. The van der Waals surface area contributed by atoms with E-state index in [4.69, 9.17) is 5.84 Å². The van der Waals surface area contributed by atoms with E-state index in [-0.39, 0.29) is 5.91 Å². The summed E-state index contributed by atoms with van der Waals surface area (Å²) in [5.74, 6) is 5.65. The van der Waals surface area contributed by atoms with E-state index in [1.807, 2.05) is 6.07 Å². The Morgan fingerprint density at radius 2 is 2.13 bits per heavy atom. The van der Waals surface area contributed by atoms with Gasteiger partial charge in [-0.25, -0.2) is 10.8 Å². The molecule has 1 aromatic heterocycles. The zero-order valence-corrected chi connectivity index (χ0v) is 8.44. The van der Waals surface area contributed by atoms with Gasteiger partial charge in [0.25, 0.3) is 5.91 Å². The summed E-state index contributed by atoms with van der Waals surface area (Å²) in [4.78, 5) is 17.6. The Bertz CT molecular complexity index is 343. The lowest BCUT2D eigenvalue weighted by atomic mass is 10.2. The molecule has 1 fully saturated rings. The average Bonchev–Trinajstić information content (AvgIpc) is 2.82. The molecule has 1 amide bonds. The van der Waals surface area contributed by atoms with Crippen LogP contribution in [0.15, 0.2) is 18.3 Å². The summed E-state index contributed by atoms with van der Waals surface area (Å²) in [6, 6.07) is 3.60. The number of nitrogen functional groups attached to an aromatic ring is 1. The summed E-state index contributed by atoms with van der Waals surface area (Å²) < 4.78 is 0. The molecule has 0 spiro atoms.